The van der Waals surface area contributed by atoms with Gasteiger partial charge < -0.3 is 4.90 Å². The summed E-state index contributed by atoms with van der Waals surface area (Å²) in [7, 11) is 0. The Morgan fingerprint density at radius 2 is 1.17 bits per heavy atom. The highest BCUT2D eigenvalue weighted by molar-refractivity contribution is 5.89. The summed E-state index contributed by atoms with van der Waals surface area (Å²) >= 11 is 0. The number of benzene rings is 3. The van der Waals surface area contributed by atoms with Crippen LogP contribution in [0.1, 0.15) is 17.5 Å². The van der Waals surface area contributed by atoms with Crippen molar-refractivity contribution < 1.29 is 0 Å². The number of aryl methyl sites for hydroxylation is 1. The minimum atomic E-state index is 1.09. The first-order valence-corrected chi connectivity index (χ1v) is 8.12. The van der Waals surface area contributed by atoms with E-state index in [1.54, 1.807) is 0 Å². The van der Waals surface area contributed by atoms with Crippen molar-refractivity contribution in [2.45, 2.75) is 12.8 Å². The lowest BCUT2D eigenvalue weighted by molar-refractivity contribution is 0.968. The largest absolute Gasteiger partial charge is 0.310 e. The zero-order valence-electron chi connectivity index (χ0n) is 13.0. The van der Waals surface area contributed by atoms with Crippen LogP contribution in [0, 0.1) is 0 Å². The van der Waals surface area contributed by atoms with E-state index >= 15 is 0 Å². The van der Waals surface area contributed by atoms with Crippen molar-refractivity contribution in [2.24, 2.45) is 0 Å². The van der Waals surface area contributed by atoms with Gasteiger partial charge in [0.25, 0.3) is 0 Å². The monoisotopic (exact) mass is 297 g/mol. The summed E-state index contributed by atoms with van der Waals surface area (Å²) in [5.74, 6) is 0. The summed E-state index contributed by atoms with van der Waals surface area (Å²) in [6.07, 6.45) is 4.57. The second kappa shape index (κ2) is 6.13. The van der Waals surface area contributed by atoms with Crippen molar-refractivity contribution in [1.82, 2.24) is 0 Å². The Hall–Kier alpha value is -2.80. The molecule has 4 rings (SSSR count). The second-order valence-corrected chi connectivity index (χ2v) is 5.79. The van der Waals surface area contributed by atoms with E-state index in [1.807, 2.05) is 0 Å². The molecule has 1 heteroatoms. The van der Waals surface area contributed by atoms with Gasteiger partial charge >= 0.3 is 0 Å². The summed E-state index contributed by atoms with van der Waals surface area (Å²) in [6, 6.07) is 30.0. The standard InChI is InChI=1S/C22H19N/c1-3-12-19(13-4-1)23(20-14-5-2-6-15-20)22-17-9-11-18-10-7-8-16-21(18)22/h1-8,10,12-17H,9,11H2. The molecule has 0 bridgehead atoms. The third-order valence-electron chi connectivity index (χ3n) is 4.31. The molecule has 0 saturated heterocycles. The van der Waals surface area contributed by atoms with Crippen molar-refractivity contribution in [3.05, 3.63) is 102 Å². The number of anilines is 2. The van der Waals surface area contributed by atoms with E-state index in [9.17, 15) is 0 Å². The smallest absolute Gasteiger partial charge is 0.0497 e. The summed E-state index contributed by atoms with van der Waals surface area (Å²) in [5.41, 5.74) is 6.45. The summed E-state index contributed by atoms with van der Waals surface area (Å²) in [4.78, 5) is 2.36. The highest BCUT2D eigenvalue weighted by Gasteiger charge is 2.20. The van der Waals surface area contributed by atoms with Gasteiger partial charge in [0.1, 0.15) is 0 Å². The Kier molecular flexibility index (Phi) is 3.69. The molecular weight excluding hydrogens is 278 g/mol. The first-order chi connectivity index (χ1) is 11.4. The fraction of sp³-hybridized carbons (Fsp3) is 0.0909. The van der Waals surface area contributed by atoms with Gasteiger partial charge in [-0.15, -0.1) is 0 Å². The van der Waals surface area contributed by atoms with E-state index in [2.05, 4.69) is 95.9 Å². The van der Waals surface area contributed by atoms with Crippen molar-refractivity contribution >= 4 is 17.1 Å². The van der Waals surface area contributed by atoms with Crippen molar-refractivity contribution in [2.75, 3.05) is 4.90 Å². The molecule has 0 unspecified atom stereocenters. The molecule has 0 saturated carbocycles. The summed E-state index contributed by atoms with van der Waals surface area (Å²) in [5, 5.41) is 0. The zero-order chi connectivity index (χ0) is 15.5. The van der Waals surface area contributed by atoms with Crippen LogP contribution < -0.4 is 4.90 Å². The normalized spacial score (nSPS) is 13.1. The first kappa shape index (κ1) is 13.8. The van der Waals surface area contributed by atoms with E-state index in [-0.39, 0.29) is 0 Å². The maximum absolute atomic E-state index is 2.36. The van der Waals surface area contributed by atoms with Gasteiger partial charge in [0, 0.05) is 22.6 Å². The van der Waals surface area contributed by atoms with Gasteiger partial charge in [0.2, 0.25) is 0 Å². The van der Waals surface area contributed by atoms with Gasteiger partial charge in [0.15, 0.2) is 0 Å². The van der Waals surface area contributed by atoms with Crippen molar-refractivity contribution in [3.8, 4) is 0 Å². The van der Waals surface area contributed by atoms with Crippen LogP contribution in [0.4, 0.5) is 11.4 Å². The molecular formula is C22H19N. The molecule has 1 aliphatic carbocycles. The van der Waals surface area contributed by atoms with Crippen LogP contribution >= 0.6 is 0 Å². The molecule has 0 atom stereocenters. The number of nitrogens with zero attached hydrogens (tertiary/aromatic N) is 1. The third-order valence-corrected chi connectivity index (χ3v) is 4.31. The van der Waals surface area contributed by atoms with Crippen LogP contribution in [0.15, 0.2) is 91.0 Å². The number of rotatable bonds is 3. The molecule has 0 aromatic heterocycles. The number of fused-ring (bicyclic) bond motifs is 1. The van der Waals surface area contributed by atoms with Gasteiger partial charge in [-0.1, -0.05) is 66.7 Å². The molecule has 0 heterocycles. The minimum Gasteiger partial charge on any atom is -0.310 e. The van der Waals surface area contributed by atoms with Crippen LogP contribution in [0.25, 0.3) is 5.70 Å². The average Bonchev–Trinajstić information content (AvgIpc) is 2.64. The lowest BCUT2D eigenvalue weighted by Crippen LogP contribution is -2.18. The van der Waals surface area contributed by atoms with Crippen LogP contribution in [0.3, 0.4) is 0 Å². The Morgan fingerprint density at radius 3 is 1.83 bits per heavy atom. The number of hydrogen-bond donors (Lipinski definition) is 0. The van der Waals surface area contributed by atoms with E-state index in [0.29, 0.717) is 0 Å². The van der Waals surface area contributed by atoms with Crippen LogP contribution in [0.2, 0.25) is 0 Å². The topological polar surface area (TPSA) is 3.24 Å². The SMILES string of the molecule is C1=C(N(c2ccccc2)c2ccccc2)c2ccccc2CC1. The van der Waals surface area contributed by atoms with Crippen LogP contribution in [-0.2, 0) is 6.42 Å². The Balaban J connectivity index is 1.88. The van der Waals surface area contributed by atoms with E-state index < -0.39 is 0 Å². The maximum Gasteiger partial charge on any atom is 0.0497 e. The molecule has 0 spiro atoms. The molecule has 0 aliphatic heterocycles. The number of para-hydroxylation sites is 2. The third kappa shape index (κ3) is 2.66. The summed E-state index contributed by atoms with van der Waals surface area (Å²) in [6.45, 7) is 0. The predicted molar refractivity (Wildman–Crippen MR) is 97.8 cm³/mol. The van der Waals surface area contributed by atoms with Crippen LogP contribution in [-0.4, -0.2) is 0 Å². The van der Waals surface area contributed by atoms with Gasteiger partial charge in [-0.3, -0.25) is 0 Å². The molecule has 1 nitrogen and oxygen atoms in total. The Labute approximate surface area is 137 Å². The van der Waals surface area contributed by atoms with Gasteiger partial charge in [-0.05, 0) is 42.7 Å². The number of hydrogen-bond acceptors (Lipinski definition) is 1. The van der Waals surface area contributed by atoms with E-state index in [4.69, 9.17) is 0 Å². The predicted octanol–water partition coefficient (Wildman–Crippen LogP) is 5.81. The zero-order valence-corrected chi connectivity index (χ0v) is 13.0. The lowest BCUT2D eigenvalue weighted by atomic mass is 9.93. The fourth-order valence-electron chi connectivity index (χ4n) is 3.26. The molecule has 112 valence electrons. The molecule has 1 aliphatic rings. The Morgan fingerprint density at radius 1 is 0.609 bits per heavy atom. The average molecular weight is 297 g/mol. The molecule has 3 aromatic carbocycles. The molecule has 3 aromatic rings. The van der Waals surface area contributed by atoms with Crippen molar-refractivity contribution in [3.63, 3.8) is 0 Å². The minimum absolute atomic E-state index is 1.09. The molecule has 0 radical (unpaired) electrons. The van der Waals surface area contributed by atoms with Crippen molar-refractivity contribution in [1.29, 1.82) is 0 Å². The van der Waals surface area contributed by atoms with Gasteiger partial charge in [-0.25, -0.2) is 0 Å². The Bertz CT molecular complexity index is 779. The highest BCUT2D eigenvalue weighted by Crippen LogP contribution is 2.37. The lowest BCUT2D eigenvalue weighted by Gasteiger charge is -2.31. The second-order valence-electron chi connectivity index (χ2n) is 5.79. The van der Waals surface area contributed by atoms with Gasteiger partial charge in [0.05, 0.1) is 0 Å². The summed E-state index contributed by atoms with van der Waals surface area (Å²) < 4.78 is 0. The number of allylic oxidation sites excluding steroid dienone is 1. The molecule has 0 fully saturated rings. The van der Waals surface area contributed by atoms with Gasteiger partial charge in [-0.2, -0.15) is 0 Å². The van der Waals surface area contributed by atoms with E-state index in [1.165, 1.54) is 28.2 Å². The molecule has 23 heavy (non-hydrogen) atoms. The quantitative estimate of drug-likeness (QED) is 0.589. The molecule has 0 amide bonds. The first-order valence-electron chi connectivity index (χ1n) is 8.12. The molecule has 0 N–H and O–H groups in total. The highest BCUT2D eigenvalue weighted by atomic mass is 15.1. The fourth-order valence-corrected chi connectivity index (χ4v) is 3.26. The van der Waals surface area contributed by atoms with E-state index in [0.717, 1.165) is 12.8 Å². The van der Waals surface area contributed by atoms with Crippen LogP contribution in [0.5, 0.6) is 0 Å². The maximum atomic E-state index is 2.36.